The molecule has 2 nitrogen and oxygen atoms in total. The zero-order valence-electron chi connectivity index (χ0n) is 6.95. The number of nitrogens with two attached hydrogens (primary N) is 1. The Labute approximate surface area is 72.3 Å². The van der Waals surface area contributed by atoms with Gasteiger partial charge in [-0.15, -0.1) is 5.92 Å². The normalized spacial score (nSPS) is 11.5. The van der Waals surface area contributed by atoms with Gasteiger partial charge in [0.1, 0.15) is 0 Å². The fraction of sp³-hybridized carbons (Fsp3) is 0.200. The van der Waals surface area contributed by atoms with Gasteiger partial charge in [0, 0.05) is 0 Å². The predicted octanol–water partition coefficient (Wildman–Crippen LogP) is 1.64. The molecular formula is C10H11NO. The van der Waals surface area contributed by atoms with Crippen LogP contribution in [0.2, 0.25) is 0 Å². The summed E-state index contributed by atoms with van der Waals surface area (Å²) in [4.78, 5) is 4.70. The van der Waals surface area contributed by atoms with Crippen molar-refractivity contribution in [2.45, 2.75) is 13.0 Å². The highest BCUT2D eigenvalue weighted by Gasteiger charge is 2.04. The first-order valence-corrected chi connectivity index (χ1v) is 3.71. The van der Waals surface area contributed by atoms with Crippen molar-refractivity contribution in [2.75, 3.05) is 0 Å². The average molecular weight is 161 g/mol. The second kappa shape index (κ2) is 4.55. The van der Waals surface area contributed by atoms with Gasteiger partial charge in [-0.2, -0.15) is 0 Å². The molecule has 2 N–H and O–H groups in total. The van der Waals surface area contributed by atoms with E-state index in [-0.39, 0.29) is 6.10 Å². The van der Waals surface area contributed by atoms with Crippen molar-refractivity contribution in [1.82, 2.24) is 0 Å². The Hall–Kier alpha value is -1.30. The van der Waals surface area contributed by atoms with Crippen LogP contribution in [0.5, 0.6) is 0 Å². The number of hydrogen-bond acceptors (Lipinski definition) is 2. The van der Waals surface area contributed by atoms with E-state index in [4.69, 9.17) is 10.7 Å². The van der Waals surface area contributed by atoms with Crippen LogP contribution in [0.1, 0.15) is 18.6 Å². The zero-order chi connectivity index (χ0) is 8.81. The Morgan fingerprint density at radius 3 is 2.50 bits per heavy atom. The van der Waals surface area contributed by atoms with E-state index in [9.17, 15) is 0 Å². The van der Waals surface area contributed by atoms with Crippen LogP contribution in [0.3, 0.4) is 0 Å². The van der Waals surface area contributed by atoms with E-state index in [1.807, 2.05) is 30.3 Å². The summed E-state index contributed by atoms with van der Waals surface area (Å²) in [5, 5.41) is 0. The first-order valence-electron chi connectivity index (χ1n) is 3.71. The molecule has 1 aromatic rings. The Morgan fingerprint density at radius 1 is 1.33 bits per heavy atom. The van der Waals surface area contributed by atoms with Crippen LogP contribution in [0.4, 0.5) is 0 Å². The maximum atomic E-state index is 5.09. The minimum absolute atomic E-state index is 0.309. The average Bonchev–Trinajstić information content (AvgIpc) is 2.15. The fourth-order valence-corrected chi connectivity index (χ4v) is 0.955. The van der Waals surface area contributed by atoms with E-state index >= 15 is 0 Å². The Bertz CT molecular complexity index is 284. The first kappa shape index (κ1) is 8.79. The fourth-order valence-electron chi connectivity index (χ4n) is 0.955. The van der Waals surface area contributed by atoms with Gasteiger partial charge in [0.05, 0.1) is 0 Å². The van der Waals surface area contributed by atoms with Crippen LogP contribution in [0.25, 0.3) is 0 Å². The lowest BCUT2D eigenvalue weighted by Crippen LogP contribution is -2.06. The van der Waals surface area contributed by atoms with Gasteiger partial charge >= 0.3 is 0 Å². The van der Waals surface area contributed by atoms with Gasteiger partial charge in [-0.05, 0) is 12.5 Å². The van der Waals surface area contributed by atoms with Gasteiger partial charge < -0.3 is 0 Å². The van der Waals surface area contributed by atoms with Crippen molar-refractivity contribution >= 4 is 0 Å². The van der Waals surface area contributed by atoms with Gasteiger partial charge in [0.25, 0.3) is 0 Å². The minimum Gasteiger partial charge on any atom is -0.283 e. The molecule has 0 fully saturated rings. The van der Waals surface area contributed by atoms with Gasteiger partial charge in [-0.1, -0.05) is 36.3 Å². The molecule has 0 spiro atoms. The monoisotopic (exact) mass is 161 g/mol. The third kappa shape index (κ3) is 2.09. The summed E-state index contributed by atoms with van der Waals surface area (Å²) in [6, 6.07) is 9.66. The van der Waals surface area contributed by atoms with E-state index in [0.717, 1.165) is 5.56 Å². The van der Waals surface area contributed by atoms with Gasteiger partial charge in [0.2, 0.25) is 0 Å². The summed E-state index contributed by atoms with van der Waals surface area (Å²) in [6.45, 7) is 1.76. The molecule has 0 saturated heterocycles. The highest BCUT2D eigenvalue weighted by Crippen LogP contribution is 2.13. The lowest BCUT2D eigenvalue weighted by Gasteiger charge is -2.06. The zero-order valence-corrected chi connectivity index (χ0v) is 6.95. The summed E-state index contributed by atoms with van der Waals surface area (Å²) >= 11 is 0. The van der Waals surface area contributed by atoms with Gasteiger partial charge in [0.15, 0.2) is 6.10 Å². The van der Waals surface area contributed by atoms with E-state index in [1.165, 1.54) is 0 Å². The summed E-state index contributed by atoms with van der Waals surface area (Å²) in [5.74, 6) is 10.7. The largest absolute Gasteiger partial charge is 0.283 e. The van der Waals surface area contributed by atoms with Crippen molar-refractivity contribution in [3.05, 3.63) is 35.9 Å². The first-order chi connectivity index (χ1) is 5.88. The van der Waals surface area contributed by atoms with Crippen LogP contribution in [-0.2, 0) is 4.84 Å². The summed E-state index contributed by atoms with van der Waals surface area (Å²) in [5.41, 5.74) is 0.981. The van der Waals surface area contributed by atoms with Gasteiger partial charge in [-0.3, -0.25) is 4.84 Å². The van der Waals surface area contributed by atoms with Crippen molar-refractivity contribution < 1.29 is 4.84 Å². The summed E-state index contributed by atoms with van der Waals surface area (Å²) in [7, 11) is 0. The maximum Gasteiger partial charge on any atom is 0.164 e. The third-order valence-corrected chi connectivity index (χ3v) is 1.51. The Kier molecular flexibility index (Phi) is 3.34. The number of benzene rings is 1. The molecule has 0 aromatic heterocycles. The second-order valence-electron chi connectivity index (χ2n) is 2.32. The molecule has 12 heavy (non-hydrogen) atoms. The van der Waals surface area contributed by atoms with E-state index < -0.39 is 0 Å². The maximum absolute atomic E-state index is 5.09. The summed E-state index contributed by atoms with van der Waals surface area (Å²) < 4.78 is 0. The molecule has 1 aromatic carbocycles. The predicted molar refractivity (Wildman–Crippen MR) is 47.9 cm³/mol. The van der Waals surface area contributed by atoms with E-state index in [1.54, 1.807) is 6.92 Å². The van der Waals surface area contributed by atoms with Crippen LogP contribution in [-0.4, -0.2) is 0 Å². The van der Waals surface area contributed by atoms with Crippen molar-refractivity contribution in [3.8, 4) is 11.8 Å². The van der Waals surface area contributed by atoms with Gasteiger partial charge in [-0.25, -0.2) is 5.90 Å². The molecule has 0 bridgehead atoms. The van der Waals surface area contributed by atoms with Crippen LogP contribution < -0.4 is 5.90 Å². The minimum atomic E-state index is -0.309. The molecule has 1 atom stereocenters. The van der Waals surface area contributed by atoms with Crippen LogP contribution in [0, 0.1) is 11.8 Å². The molecular weight excluding hydrogens is 150 g/mol. The van der Waals surface area contributed by atoms with Crippen molar-refractivity contribution in [3.63, 3.8) is 0 Å². The Balaban J connectivity index is 2.85. The van der Waals surface area contributed by atoms with E-state index in [2.05, 4.69) is 11.8 Å². The third-order valence-electron chi connectivity index (χ3n) is 1.51. The van der Waals surface area contributed by atoms with E-state index in [0.29, 0.717) is 0 Å². The molecule has 1 rings (SSSR count). The molecule has 0 aliphatic heterocycles. The molecule has 0 saturated carbocycles. The number of hydrogen-bond donors (Lipinski definition) is 1. The molecule has 0 aliphatic carbocycles. The molecule has 0 radical (unpaired) electrons. The molecule has 1 unspecified atom stereocenters. The van der Waals surface area contributed by atoms with Crippen molar-refractivity contribution in [2.24, 2.45) is 5.90 Å². The quantitative estimate of drug-likeness (QED) is 0.528. The highest BCUT2D eigenvalue weighted by atomic mass is 16.6. The molecule has 62 valence electrons. The standard InChI is InChI=1S/C10H11NO/c1-2-6-10(12-11)9-7-4-3-5-8-9/h3-5,7-8,10H,11H2,1H3. The van der Waals surface area contributed by atoms with Crippen molar-refractivity contribution in [1.29, 1.82) is 0 Å². The Morgan fingerprint density at radius 2 is 2.00 bits per heavy atom. The lowest BCUT2D eigenvalue weighted by atomic mass is 10.1. The van der Waals surface area contributed by atoms with Crippen LogP contribution in [0.15, 0.2) is 30.3 Å². The molecule has 0 aliphatic rings. The highest BCUT2D eigenvalue weighted by molar-refractivity contribution is 5.24. The topological polar surface area (TPSA) is 35.2 Å². The van der Waals surface area contributed by atoms with Crippen LogP contribution >= 0.6 is 0 Å². The summed E-state index contributed by atoms with van der Waals surface area (Å²) in [6.07, 6.45) is -0.309. The second-order valence-corrected chi connectivity index (χ2v) is 2.32. The SMILES string of the molecule is CC#CC(ON)c1ccccc1. The number of rotatable bonds is 2. The molecule has 0 heterocycles. The molecule has 0 amide bonds. The smallest absolute Gasteiger partial charge is 0.164 e. The lowest BCUT2D eigenvalue weighted by molar-refractivity contribution is 0.0934. The molecule has 2 heteroatoms.